The number of rotatable bonds is 9. The van der Waals surface area contributed by atoms with Crippen molar-refractivity contribution in [3.05, 3.63) is 121 Å². The van der Waals surface area contributed by atoms with Gasteiger partial charge in [-0.05, 0) is 54.4 Å². The lowest BCUT2D eigenvalue weighted by Gasteiger charge is -2.28. The smallest absolute Gasteiger partial charge is 0.338 e. The third-order valence-electron chi connectivity index (χ3n) is 7.63. The van der Waals surface area contributed by atoms with Crippen LogP contribution in [0.1, 0.15) is 54.4 Å². The van der Waals surface area contributed by atoms with Gasteiger partial charge in [0.15, 0.2) is 4.80 Å². The third kappa shape index (κ3) is 5.49. The first-order chi connectivity index (χ1) is 21.8. The van der Waals surface area contributed by atoms with Crippen LogP contribution >= 0.6 is 11.3 Å². The number of benzene rings is 3. The molecule has 3 aromatic carbocycles. The van der Waals surface area contributed by atoms with Gasteiger partial charge in [0.2, 0.25) is 0 Å². The predicted octanol–water partition coefficient (Wildman–Crippen LogP) is 5.70. The van der Waals surface area contributed by atoms with E-state index in [1.165, 1.54) is 23.5 Å². The van der Waals surface area contributed by atoms with E-state index in [2.05, 4.69) is 0 Å². The van der Waals surface area contributed by atoms with E-state index in [1.54, 1.807) is 48.9 Å². The van der Waals surface area contributed by atoms with Crippen molar-refractivity contribution in [2.75, 3.05) is 13.7 Å². The molecule has 0 saturated heterocycles. The number of hydrogen-bond donors (Lipinski definition) is 1. The van der Waals surface area contributed by atoms with Crippen LogP contribution in [0.3, 0.4) is 0 Å². The minimum Gasteiger partial charge on any atom is -0.496 e. The highest BCUT2D eigenvalue weighted by Gasteiger charge is 2.37. The normalized spacial score (nSPS) is 14.7. The number of esters is 1. The van der Waals surface area contributed by atoms with Crippen LogP contribution in [0, 0.1) is 0 Å². The van der Waals surface area contributed by atoms with Crippen molar-refractivity contribution in [2.24, 2.45) is 4.99 Å². The maximum Gasteiger partial charge on any atom is 0.338 e. The zero-order chi connectivity index (χ0) is 31.7. The number of thiazole rings is 1. The summed E-state index contributed by atoms with van der Waals surface area (Å²) in [6, 6.07) is 20.6. The fourth-order valence-corrected chi connectivity index (χ4v) is 6.62. The van der Waals surface area contributed by atoms with Crippen LogP contribution in [0.4, 0.5) is 0 Å². The molecular weight excluding hydrogens is 592 g/mol. The summed E-state index contributed by atoms with van der Waals surface area (Å²) in [4.78, 5) is 44.5. The minimum atomic E-state index is -1.01. The topological polar surface area (TPSA) is 120 Å². The second-order valence-corrected chi connectivity index (χ2v) is 11.4. The lowest BCUT2D eigenvalue weighted by Crippen LogP contribution is -2.40. The van der Waals surface area contributed by atoms with Gasteiger partial charge in [0.1, 0.15) is 23.3 Å². The molecule has 45 heavy (non-hydrogen) atoms. The first kappa shape index (κ1) is 29.8. The van der Waals surface area contributed by atoms with Crippen molar-refractivity contribution >= 4 is 40.1 Å². The molecule has 5 aromatic rings. The van der Waals surface area contributed by atoms with Crippen LogP contribution in [-0.2, 0) is 9.53 Å². The standard InChI is InChI=1S/C35H30N2O7S/c1-4-8-25-30(34(41)43-5-2)31(29-24-10-7-6-9-20(24)15-17-27(29)42-3)37-32(38)28(45-35(37)36-25)19-23-16-18-26(44-23)21-11-13-22(14-12-21)33(39)40/h6-7,9-19,31H,4-5,8H2,1-3H3,(H,39,40)/b28-19+/t31-/m1/s1. The molecule has 0 unspecified atom stereocenters. The molecule has 1 aliphatic rings. The predicted molar refractivity (Wildman–Crippen MR) is 171 cm³/mol. The summed E-state index contributed by atoms with van der Waals surface area (Å²) in [6.45, 7) is 3.93. The number of carbonyl (C=O) groups excluding carboxylic acids is 1. The van der Waals surface area contributed by atoms with Crippen molar-refractivity contribution in [1.29, 1.82) is 0 Å². The number of nitrogens with zero attached hydrogens (tertiary/aromatic N) is 2. The summed E-state index contributed by atoms with van der Waals surface area (Å²) in [5.74, 6) is -0.0277. The van der Waals surface area contributed by atoms with E-state index in [9.17, 15) is 19.5 Å². The van der Waals surface area contributed by atoms with E-state index in [0.717, 1.165) is 17.2 Å². The molecule has 0 radical (unpaired) electrons. The number of ether oxygens (including phenoxy) is 2. The molecule has 3 heterocycles. The monoisotopic (exact) mass is 622 g/mol. The number of furan rings is 1. The molecule has 0 fully saturated rings. The van der Waals surface area contributed by atoms with E-state index in [-0.39, 0.29) is 17.7 Å². The van der Waals surface area contributed by atoms with Gasteiger partial charge in [0, 0.05) is 17.2 Å². The van der Waals surface area contributed by atoms with Gasteiger partial charge in [0.05, 0.1) is 35.1 Å². The third-order valence-corrected chi connectivity index (χ3v) is 8.62. The summed E-state index contributed by atoms with van der Waals surface area (Å²) in [7, 11) is 1.57. The van der Waals surface area contributed by atoms with Crippen molar-refractivity contribution in [2.45, 2.75) is 32.7 Å². The minimum absolute atomic E-state index is 0.172. The van der Waals surface area contributed by atoms with Gasteiger partial charge in [-0.25, -0.2) is 14.6 Å². The second kappa shape index (κ2) is 12.4. The maximum absolute atomic E-state index is 14.3. The molecular formula is C35H30N2O7S. The molecule has 6 rings (SSSR count). The van der Waals surface area contributed by atoms with Crippen LogP contribution in [0.25, 0.3) is 28.2 Å². The Hall–Kier alpha value is -5.22. The highest BCUT2D eigenvalue weighted by molar-refractivity contribution is 7.07. The lowest BCUT2D eigenvalue weighted by molar-refractivity contribution is -0.139. The fourth-order valence-electron chi connectivity index (χ4n) is 5.62. The maximum atomic E-state index is 14.3. The molecule has 0 amide bonds. The van der Waals surface area contributed by atoms with Gasteiger partial charge >= 0.3 is 11.9 Å². The number of methoxy groups -OCH3 is 1. The molecule has 228 valence electrons. The quantitative estimate of drug-likeness (QED) is 0.210. The molecule has 1 atom stereocenters. The van der Waals surface area contributed by atoms with E-state index in [0.29, 0.717) is 55.4 Å². The zero-order valence-electron chi connectivity index (χ0n) is 24.9. The molecule has 1 N–H and O–H groups in total. The molecule has 9 nitrogen and oxygen atoms in total. The van der Waals surface area contributed by atoms with Crippen molar-refractivity contribution in [3.8, 4) is 17.1 Å². The summed E-state index contributed by atoms with van der Waals surface area (Å²) < 4.78 is 19.4. The number of allylic oxidation sites excluding steroid dienone is 1. The first-order valence-electron chi connectivity index (χ1n) is 14.6. The highest BCUT2D eigenvalue weighted by atomic mass is 32.1. The van der Waals surface area contributed by atoms with Gasteiger partial charge in [0.25, 0.3) is 5.56 Å². The average Bonchev–Trinajstić information content (AvgIpc) is 3.64. The average molecular weight is 623 g/mol. The van der Waals surface area contributed by atoms with E-state index < -0.39 is 18.0 Å². The Kier molecular flexibility index (Phi) is 8.23. The number of aromatic nitrogens is 1. The fraction of sp³-hybridized carbons (Fsp3) is 0.200. The summed E-state index contributed by atoms with van der Waals surface area (Å²) in [5.41, 5.74) is 2.12. The van der Waals surface area contributed by atoms with Crippen molar-refractivity contribution in [3.63, 3.8) is 0 Å². The lowest BCUT2D eigenvalue weighted by atomic mass is 9.90. The molecule has 2 aromatic heterocycles. The van der Waals surface area contributed by atoms with Crippen LogP contribution in [0.2, 0.25) is 0 Å². The molecule has 1 aliphatic heterocycles. The Morgan fingerprint density at radius 3 is 2.53 bits per heavy atom. The number of hydrogen-bond acceptors (Lipinski definition) is 8. The van der Waals surface area contributed by atoms with Crippen LogP contribution in [-0.4, -0.2) is 35.3 Å². The van der Waals surface area contributed by atoms with Crippen molar-refractivity contribution < 1.29 is 28.6 Å². The van der Waals surface area contributed by atoms with E-state index in [4.69, 9.17) is 18.9 Å². The van der Waals surface area contributed by atoms with E-state index >= 15 is 0 Å². The summed E-state index contributed by atoms with van der Waals surface area (Å²) >= 11 is 1.22. The van der Waals surface area contributed by atoms with Crippen LogP contribution in [0.5, 0.6) is 5.75 Å². The van der Waals surface area contributed by atoms with Gasteiger partial charge in [-0.15, -0.1) is 0 Å². The summed E-state index contributed by atoms with van der Waals surface area (Å²) in [6.07, 6.45) is 2.91. The number of fused-ring (bicyclic) bond motifs is 2. The summed E-state index contributed by atoms with van der Waals surface area (Å²) in [5, 5.41) is 11.0. The number of carboxylic acid groups (broad SMARTS) is 1. The van der Waals surface area contributed by atoms with E-state index in [1.807, 2.05) is 43.3 Å². The van der Waals surface area contributed by atoms with Gasteiger partial charge in [-0.1, -0.05) is 67.1 Å². The Bertz CT molecular complexity index is 2150. The zero-order valence-corrected chi connectivity index (χ0v) is 25.7. The second-order valence-electron chi connectivity index (χ2n) is 10.4. The Labute approximate surface area is 262 Å². The van der Waals surface area contributed by atoms with Crippen LogP contribution < -0.4 is 19.6 Å². The Morgan fingerprint density at radius 2 is 1.82 bits per heavy atom. The van der Waals surface area contributed by atoms with Gasteiger partial charge in [-0.2, -0.15) is 0 Å². The highest BCUT2D eigenvalue weighted by Crippen LogP contribution is 2.41. The van der Waals surface area contributed by atoms with Gasteiger partial charge < -0.3 is 19.0 Å². The molecule has 0 spiro atoms. The molecule has 0 aliphatic carbocycles. The first-order valence-corrected chi connectivity index (χ1v) is 15.4. The number of aromatic carboxylic acids is 1. The van der Waals surface area contributed by atoms with Gasteiger partial charge in [-0.3, -0.25) is 9.36 Å². The molecule has 0 bridgehead atoms. The molecule has 0 saturated carbocycles. The number of carboxylic acids is 1. The molecule has 10 heteroatoms. The Morgan fingerprint density at radius 1 is 1.04 bits per heavy atom. The largest absolute Gasteiger partial charge is 0.496 e. The SMILES string of the molecule is CCCC1=C(C(=O)OCC)[C@@H](c2c(OC)ccc3ccccc23)n2c(s/c(=C/c3ccc(-c4ccc(C(=O)O)cc4)o3)c2=O)=N1. The number of carbonyl (C=O) groups is 2. The van der Waals surface area contributed by atoms with Crippen LogP contribution in [0.15, 0.2) is 98.3 Å². The van der Waals surface area contributed by atoms with Crippen molar-refractivity contribution in [1.82, 2.24) is 4.57 Å². The Balaban J connectivity index is 1.56.